The van der Waals surface area contributed by atoms with Crippen LogP contribution in [0.4, 0.5) is 11.4 Å². The van der Waals surface area contributed by atoms with Crippen molar-refractivity contribution in [1.29, 1.82) is 0 Å². The van der Waals surface area contributed by atoms with Gasteiger partial charge in [-0.2, -0.15) is 0 Å². The molecule has 8 nitrogen and oxygen atoms in total. The van der Waals surface area contributed by atoms with Crippen LogP contribution in [0, 0.1) is 10.1 Å². The van der Waals surface area contributed by atoms with Crippen molar-refractivity contribution in [1.82, 2.24) is 5.32 Å². The van der Waals surface area contributed by atoms with Crippen molar-refractivity contribution in [3.05, 3.63) is 57.6 Å². The Balaban J connectivity index is 2.03. The van der Waals surface area contributed by atoms with Gasteiger partial charge in [0.15, 0.2) is 11.5 Å². The van der Waals surface area contributed by atoms with E-state index in [2.05, 4.69) is 5.32 Å². The SMILES string of the molecule is CCOc1ccc(CCNC(=O)c2ccc(N(C)C)c([N+](=O)[O-])c2)cc1OCC. The van der Waals surface area contributed by atoms with E-state index in [1.54, 1.807) is 31.1 Å². The lowest BCUT2D eigenvalue weighted by Gasteiger charge is -2.14. The van der Waals surface area contributed by atoms with Crippen LogP contribution in [0.25, 0.3) is 0 Å². The van der Waals surface area contributed by atoms with Crippen LogP contribution in [0.2, 0.25) is 0 Å². The number of ether oxygens (including phenoxy) is 2. The highest BCUT2D eigenvalue weighted by Gasteiger charge is 2.18. The van der Waals surface area contributed by atoms with Crippen LogP contribution in [0.5, 0.6) is 11.5 Å². The van der Waals surface area contributed by atoms with E-state index in [0.717, 1.165) is 5.56 Å². The molecule has 29 heavy (non-hydrogen) atoms. The molecule has 1 N–H and O–H groups in total. The van der Waals surface area contributed by atoms with Gasteiger partial charge in [-0.05, 0) is 50.1 Å². The lowest BCUT2D eigenvalue weighted by molar-refractivity contribution is -0.384. The van der Waals surface area contributed by atoms with Crippen LogP contribution in [-0.2, 0) is 6.42 Å². The molecule has 0 heterocycles. The Morgan fingerprint density at radius 3 is 2.38 bits per heavy atom. The number of nitrogens with one attached hydrogen (secondary N) is 1. The quantitative estimate of drug-likeness (QED) is 0.484. The number of rotatable bonds is 10. The molecule has 2 rings (SSSR count). The van der Waals surface area contributed by atoms with Crippen molar-refractivity contribution in [2.24, 2.45) is 0 Å². The molecular formula is C21H27N3O5. The largest absolute Gasteiger partial charge is 0.490 e. The van der Waals surface area contributed by atoms with Crippen molar-refractivity contribution < 1.29 is 19.2 Å². The summed E-state index contributed by atoms with van der Waals surface area (Å²) in [5.41, 5.74) is 1.59. The summed E-state index contributed by atoms with van der Waals surface area (Å²) < 4.78 is 11.2. The van der Waals surface area contributed by atoms with Gasteiger partial charge in [0.1, 0.15) is 5.69 Å². The Kier molecular flexibility index (Phi) is 7.82. The molecule has 0 aliphatic carbocycles. The molecule has 0 aliphatic heterocycles. The molecule has 0 spiro atoms. The molecule has 2 aromatic rings. The van der Waals surface area contributed by atoms with Crippen LogP contribution in [-0.4, -0.2) is 44.7 Å². The number of amides is 1. The smallest absolute Gasteiger partial charge is 0.293 e. The third kappa shape index (κ3) is 5.84. The van der Waals surface area contributed by atoms with E-state index >= 15 is 0 Å². The molecule has 0 unspecified atom stereocenters. The van der Waals surface area contributed by atoms with Gasteiger partial charge >= 0.3 is 0 Å². The molecular weight excluding hydrogens is 374 g/mol. The van der Waals surface area contributed by atoms with E-state index < -0.39 is 4.92 Å². The van der Waals surface area contributed by atoms with Gasteiger partial charge in [-0.25, -0.2) is 0 Å². The van der Waals surface area contributed by atoms with Gasteiger partial charge in [0.25, 0.3) is 11.6 Å². The summed E-state index contributed by atoms with van der Waals surface area (Å²) in [6.07, 6.45) is 0.593. The van der Waals surface area contributed by atoms with Crippen molar-refractivity contribution in [3.63, 3.8) is 0 Å². The van der Waals surface area contributed by atoms with Crippen LogP contribution in [0.1, 0.15) is 29.8 Å². The highest BCUT2D eigenvalue weighted by atomic mass is 16.6. The molecule has 1 amide bonds. The average Bonchev–Trinajstić information content (AvgIpc) is 2.69. The van der Waals surface area contributed by atoms with Gasteiger partial charge in [-0.1, -0.05) is 6.07 Å². The Morgan fingerprint density at radius 2 is 1.76 bits per heavy atom. The van der Waals surface area contributed by atoms with Gasteiger partial charge in [-0.15, -0.1) is 0 Å². The summed E-state index contributed by atoms with van der Waals surface area (Å²) in [7, 11) is 3.44. The third-order valence-corrected chi connectivity index (χ3v) is 4.22. The minimum atomic E-state index is -0.485. The first-order valence-corrected chi connectivity index (χ1v) is 9.49. The van der Waals surface area contributed by atoms with Gasteiger partial charge < -0.3 is 19.7 Å². The molecule has 0 radical (unpaired) electrons. The van der Waals surface area contributed by atoms with E-state index in [-0.39, 0.29) is 17.2 Å². The Labute approximate surface area is 170 Å². The highest BCUT2D eigenvalue weighted by Crippen LogP contribution is 2.29. The monoisotopic (exact) mass is 401 g/mol. The van der Waals surface area contributed by atoms with Crippen LogP contribution >= 0.6 is 0 Å². The van der Waals surface area contributed by atoms with Crippen molar-refractivity contribution in [3.8, 4) is 11.5 Å². The molecule has 0 aliphatic rings. The normalized spacial score (nSPS) is 10.3. The van der Waals surface area contributed by atoms with Crippen molar-refractivity contribution in [2.75, 3.05) is 38.8 Å². The topological polar surface area (TPSA) is 93.9 Å². The molecule has 0 saturated carbocycles. The first-order chi connectivity index (χ1) is 13.9. The number of hydrogen-bond donors (Lipinski definition) is 1. The number of nitrogens with zero attached hydrogens (tertiary/aromatic N) is 2. The van der Waals surface area contributed by atoms with E-state index in [1.165, 1.54) is 6.07 Å². The van der Waals surface area contributed by atoms with Crippen LogP contribution in [0.15, 0.2) is 36.4 Å². The molecule has 156 valence electrons. The van der Waals surface area contributed by atoms with E-state index in [9.17, 15) is 14.9 Å². The Hall–Kier alpha value is -3.29. The van der Waals surface area contributed by atoms with Gasteiger partial charge in [0.05, 0.1) is 18.1 Å². The summed E-state index contributed by atoms with van der Waals surface area (Å²) in [5.74, 6) is 1.01. The number of anilines is 1. The van der Waals surface area contributed by atoms with E-state index in [1.807, 2.05) is 32.0 Å². The maximum Gasteiger partial charge on any atom is 0.293 e. The second kappa shape index (κ2) is 10.3. The molecule has 8 heteroatoms. The zero-order valence-electron chi connectivity index (χ0n) is 17.2. The van der Waals surface area contributed by atoms with Gasteiger partial charge in [0.2, 0.25) is 0 Å². The predicted molar refractivity (Wildman–Crippen MR) is 112 cm³/mol. The number of nitro groups is 1. The minimum Gasteiger partial charge on any atom is -0.490 e. The number of benzene rings is 2. The summed E-state index contributed by atoms with van der Waals surface area (Å²) in [6, 6.07) is 10.1. The summed E-state index contributed by atoms with van der Waals surface area (Å²) in [5, 5.41) is 14.1. The zero-order chi connectivity index (χ0) is 21.4. The molecule has 0 aromatic heterocycles. The molecule has 0 fully saturated rings. The first-order valence-electron chi connectivity index (χ1n) is 9.49. The fourth-order valence-corrected chi connectivity index (χ4v) is 2.86. The average molecular weight is 401 g/mol. The summed E-state index contributed by atoms with van der Waals surface area (Å²) >= 11 is 0. The Bertz CT molecular complexity index is 867. The number of carbonyl (C=O) groups is 1. The lowest BCUT2D eigenvalue weighted by atomic mass is 10.1. The van der Waals surface area contributed by atoms with Gasteiger partial charge in [-0.3, -0.25) is 14.9 Å². The second-order valence-electron chi connectivity index (χ2n) is 6.51. The fourth-order valence-electron chi connectivity index (χ4n) is 2.86. The lowest BCUT2D eigenvalue weighted by Crippen LogP contribution is -2.26. The number of hydrogen-bond acceptors (Lipinski definition) is 6. The first kappa shape index (κ1) is 22.0. The molecule has 0 saturated heterocycles. The molecule has 0 atom stereocenters. The minimum absolute atomic E-state index is 0.101. The third-order valence-electron chi connectivity index (χ3n) is 4.22. The summed E-state index contributed by atoms with van der Waals surface area (Å²) in [4.78, 5) is 24.8. The van der Waals surface area contributed by atoms with E-state index in [0.29, 0.717) is 43.4 Å². The standard InChI is InChI=1S/C21H27N3O5/c1-5-28-19-10-7-15(13-20(19)29-6-2)11-12-22-21(25)16-8-9-17(23(3)4)18(14-16)24(26)27/h7-10,13-14H,5-6,11-12H2,1-4H3,(H,22,25). The summed E-state index contributed by atoms with van der Waals surface area (Å²) in [6.45, 7) is 5.29. The second-order valence-corrected chi connectivity index (χ2v) is 6.51. The number of carbonyl (C=O) groups excluding carboxylic acids is 1. The van der Waals surface area contributed by atoms with Crippen molar-refractivity contribution >= 4 is 17.3 Å². The maximum atomic E-state index is 12.4. The highest BCUT2D eigenvalue weighted by molar-refractivity contribution is 5.95. The van der Waals surface area contributed by atoms with Crippen molar-refractivity contribution in [2.45, 2.75) is 20.3 Å². The number of nitro benzene ring substituents is 1. The van der Waals surface area contributed by atoms with Gasteiger partial charge in [0, 0.05) is 32.3 Å². The maximum absolute atomic E-state index is 12.4. The van der Waals surface area contributed by atoms with Crippen LogP contribution in [0.3, 0.4) is 0 Å². The Morgan fingerprint density at radius 1 is 1.07 bits per heavy atom. The molecule has 2 aromatic carbocycles. The zero-order valence-corrected chi connectivity index (χ0v) is 17.2. The molecule has 0 bridgehead atoms. The predicted octanol–water partition coefficient (Wildman–Crippen LogP) is 3.43. The van der Waals surface area contributed by atoms with Crippen LogP contribution < -0.4 is 19.7 Å². The van der Waals surface area contributed by atoms with E-state index in [4.69, 9.17) is 9.47 Å². The fraction of sp³-hybridized carbons (Fsp3) is 0.381.